The molecule has 0 amide bonds. The SMILES string of the molecule is c1cc(N(c2ccc(-c3ccc(-c4ccc5ccccc5c4)cc3)cc2)c2ccc(-n3c4ccccc4c4ccccc43)cc2)cc(-n2c3ccccc3c3ccccc32)c1.c1ccc(-c2ccc(-c3ccc(N(c4ccc(-c5ccc(-c6cccc7ccccc67)cc5)cc4)c4cccc(-n5c6ccccc6c6ccccc65)c4)cc3)cc2)cc1. The Kier molecular flexibility index (Phi) is 18.2. The summed E-state index contributed by atoms with van der Waals surface area (Å²) in [5.74, 6) is 0. The molecule has 0 aliphatic carbocycles. The Morgan fingerprint density at radius 1 is 0.132 bits per heavy atom. The van der Waals surface area contributed by atoms with Gasteiger partial charge in [-0.1, -0.05) is 340 Å². The fourth-order valence-corrected chi connectivity index (χ4v) is 18.2. The van der Waals surface area contributed by atoms with Crippen LogP contribution < -0.4 is 9.80 Å². The average Bonchev–Trinajstić information content (AvgIpc) is 1.61. The molecule has 0 aliphatic rings. The lowest BCUT2D eigenvalue weighted by molar-refractivity contribution is 1.16. The molecule has 5 nitrogen and oxygen atoms in total. The minimum Gasteiger partial charge on any atom is -0.310 e. The Morgan fingerprint density at radius 2 is 0.397 bits per heavy atom. The Bertz CT molecular complexity index is 7610. The zero-order valence-electron chi connectivity index (χ0n) is 66.3. The molecule has 0 spiro atoms. The van der Waals surface area contributed by atoms with Crippen LogP contribution in [0.25, 0.3) is 171 Å². The van der Waals surface area contributed by atoms with E-state index in [1.54, 1.807) is 0 Å². The van der Waals surface area contributed by atoms with E-state index >= 15 is 0 Å². The lowest BCUT2D eigenvalue weighted by Gasteiger charge is -2.27. The molecule has 3 aromatic heterocycles. The summed E-state index contributed by atoms with van der Waals surface area (Å²) in [6.45, 7) is 0. The van der Waals surface area contributed by atoms with Gasteiger partial charge >= 0.3 is 0 Å². The number of rotatable bonds is 15. The minimum absolute atomic E-state index is 1.08. The van der Waals surface area contributed by atoms with Gasteiger partial charge in [0, 0.05) is 83.5 Å². The second-order valence-corrected chi connectivity index (χ2v) is 31.2. The van der Waals surface area contributed by atoms with Gasteiger partial charge < -0.3 is 23.5 Å². The van der Waals surface area contributed by atoms with E-state index in [0.717, 1.165) is 51.2 Å². The standard InChI is InChI=1S/C58H39N3.C58H40N2/c1-2-13-44-38-45(29-28-40(44)12-1)43-26-24-41(25-27-43)42-30-32-46(33-31-42)59(47-34-36-48(37-35-47)60-55-20-7-3-16-51(55)52-17-4-8-21-56(52)60)49-14-11-15-50(39-49)61-57-22-9-5-18-53(57)54-19-6-10-23-58(54)61;1-2-12-41(13-3-1)42-24-26-43(27-25-42)45-32-36-49(37-33-45)59(51-16-11-17-52(40-51)60-57-22-8-6-19-55(57)56-20-7-9-23-58(56)60)50-38-34-46(35-39-50)44-28-30-48(31-29-44)54-21-10-15-47-14-4-5-18-53(47)54/h1-39H;1-40H. The average molecular weight is 1540 g/mol. The molecule has 0 aliphatic heterocycles. The molecule has 0 unspecified atom stereocenters. The molecule has 0 atom stereocenters. The maximum absolute atomic E-state index is 2.39. The summed E-state index contributed by atoms with van der Waals surface area (Å²) in [7, 11) is 0. The molecule has 0 N–H and O–H groups in total. The van der Waals surface area contributed by atoms with Gasteiger partial charge in [0.2, 0.25) is 0 Å². The molecular weight excluding hydrogens is 1460 g/mol. The molecule has 0 bridgehead atoms. The highest BCUT2D eigenvalue weighted by atomic mass is 15.2. The molecule has 0 fully saturated rings. The number of anilines is 6. The number of benzene rings is 20. The summed E-state index contributed by atoms with van der Waals surface area (Å²) >= 11 is 0. The van der Waals surface area contributed by atoms with Gasteiger partial charge in [-0.2, -0.15) is 0 Å². The first kappa shape index (κ1) is 71.5. The number of fused-ring (bicyclic) bond motifs is 11. The van der Waals surface area contributed by atoms with Gasteiger partial charge in [0.05, 0.1) is 33.1 Å². The normalized spacial score (nSPS) is 11.5. The number of hydrogen-bond acceptors (Lipinski definition) is 2. The highest BCUT2D eigenvalue weighted by Gasteiger charge is 2.22. The van der Waals surface area contributed by atoms with E-state index in [2.05, 4.69) is 503 Å². The Morgan fingerprint density at radius 3 is 0.785 bits per heavy atom. The van der Waals surface area contributed by atoms with Crippen molar-refractivity contribution in [2.24, 2.45) is 0 Å². The largest absolute Gasteiger partial charge is 0.310 e. The molecule has 5 heteroatoms. The second-order valence-electron chi connectivity index (χ2n) is 31.2. The van der Waals surface area contributed by atoms with Crippen molar-refractivity contribution in [3.8, 4) is 83.8 Å². The summed E-state index contributed by atoms with van der Waals surface area (Å²) < 4.78 is 7.16. The molecule has 3 heterocycles. The van der Waals surface area contributed by atoms with Crippen molar-refractivity contribution in [3.05, 3.63) is 479 Å². The summed E-state index contributed by atoms with van der Waals surface area (Å²) in [5.41, 5.74) is 31.5. The first-order chi connectivity index (χ1) is 60.0. The van der Waals surface area contributed by atoms with Gasteiger partial charge in [-0.25, -0.2) is 0 Å². The molecule has 568 valence electrons. The number of para-hydroxylation sites is 6. The van der Waals surface area contributed by atoms with Crippen molar-refractivity contribution >= 4 is 121 Å². The van der Waals surface area contributed by atoms with E-state index in [-0.39, 0.29) is 0 Å². The molecule has 0 radical (unpaired) electrons. The van der Waals surface area contributed by atoms with Crippen molar-refractivity contribution < 1.29 is 0 Å². The van der Waals surface area contributed by atoms with E-state index in [1.807, 2.05) is 0 Å². The number of aromatic nitrogens is 3. The Labute approximate surface area is 702 Å². The maximum atomic E-state index is 2.39. The van der Waals surface area contributed by atoms with Gasteiger partial charge in [0.15, 0.2) is 0 Å². The summed E-state index contributed by atoms with van der Waals surface area (Å²) in [6, 6.07) is 174. The third-order valence-corrected chi connectivity index (χ3v) is 24.1. The zero-order valence-corrected chi connectivity index (χ0v) is 66.3. The van der Waals surface area contributed by atoms with Crippen LogP contribution in [-0.2, 0) is 0 Å². The topological polar surface area (TPSA) is 21.3 Å². The van der Waals surface area contributed by atoms with Crippen LogP contribution in [0.15, 0.2) is 479 Å². The predicted molar refractivity (Wildman–Crippen MR) is 513 cm³/mol. The predicted octanol–water partition coefficient (Wildman–Crippen LogP) is 31.9. The maximum Gasteiger partial charge on any atom is 0.0541 e. The van der Waals surface area contributed by atoms with Crippen LogP contribution in [0, 0.1) is 0 Å². The molecule has 23 aromatic rings. The molecule has 121 heavy (non-hydrogen) atoms. The van der Waals surface area contributed by atoms with Gasteiger partial charge in [0.1, 0.15) is 0 Å². The smallest absolute Gasteiger partial charge is 0.0541 e. The highest BCUT2D eigenvalue weighted by molar-refractivity contribution is 6.12. The van der Waals surface area contributed by atoms with Crippen molar-refractivity contribution in [1.29, 1.82) is 0 Å². The first-order valence-electron chi connectivity index (χ1n) is 41.5. The van der Waals surface area contributed by atoms with E-state index < -0.39 is 0 Å². The molecule has 0 saturated heterocycles. The number of hydrogen-bond donors (Lipinski definition) is 0. The highest BCUT2D eigenvalue weighted by Crippen LogP contribution is 2.44. The second kappa shape index (κ2) is 30.8. The molecule has 0 saturated carbocycles. The number of nitrogens with zero attached hydrogens (tertiary/aromatic N) is 5. The Hall–Kier alpha value is -16.1. The third kappa shape index (κ3) is 13.3. The van der Waals surface area contributed by atoms with Crippen LogP contribution in [-0.4, -0.2) is 13.7 Å². The van der Waals surface area contributed by atoms with Gasteiger partial charge in [-0.15, -0.1) is 0 Å². The van der Waals surface area contributed by atoms with E-state index in [1.165, 1.54) is 154 Å². The van der Waals surface area contributed by atoms with E-state index in [0.29, 0.717) is 0 Å². The fraction of sp³-hybridized carbons (Fsp3) is 0. The molecule has 23 rings (SSSR count). The third-order valence-electron chi connectivity index (χ3n) is 24.1. The van der Waals surface area contributed by atoms with Crippen LogP contribution in [0.4, 0.5) is 34.1 Å². The first-order valence-corrected chi connectivity index (χ1v) is 41.5. The van der Waals surface area contributed by atoms with Crippen LogP contribution in [0.5, 0.6) is 0 Å². The van der Waals surface area contributed by atoms with Gasteiger partial charge in [-0.05, 0) is 228 Å². The summed E-state index contributed by atoms with van der Waals surface area (Å²) in [5, 5.41) is 12.6. The lowest BCUT2D eigenvalue weighted by atomic mass is 9.96. The van der Waals surface area contributed by atoms with E-state index in [9.17, 15) is 0 Å². The van der Waals surface area contributed by atoms with E-state index in [4.69, 9.17) is 0 Å². The summed E-state index contributed by atoms with van der Waals surface area (Å²) in [6.07, 6.45) is 0. The summed E-state index contributed by atoms with van der Waals surface area (Å²) in [4.78, 5) is 4.74. The quantitative estimate of drug-likeness (QED) is 0.102. The zero-order chi connectivity index (χ0) is 80.1. The molecule has 20 aromatic carbocycles. The fourth-order valence-electron chi connectivity index (χ4n) is 18.2. The van der Waals surface area contributed by atoms with Crippen LogP contribution in [0.3, 0.4) is 0 Å². The Balaban J connectivity index is 0.000000145. The van der Waals surface area contributed by atoms with Crippen molar-refractivity contribution in [2.75, 3.05) is 9.80 Å². The van der Waals surface area contributed by atoms with Gasteiger partial charge in [-0.3, -0.25) is 0 Å². The van der Waals surface area contributed by atoms with Crippen molar-refractivity contribution in [3.63, 3.8) is 0 Å². The lowest BCUT2D eigenvalue weighted by Crippen LogP contribution is -2.10. The molecular formula is C116H79N5. The van der Waals surface area contributed by atoms with Crippen molar-refractivity contribution in [2.45, 2.75) is 0 Å². The minimum atomic E-state index is 1.08. The van der Waals surface area contributed by atoms with Gasteiger partial charge in [0.25, 0.3) is 0 Å². The monoisotopic (exact) mass is 1540 g/mol. The van der Waals surface area contributed by atoms with Crippen LogP contribution in [0.2, 0.25) is 0 Å². The van der Waals surface area contributed by atoms with Crippen LogP contribution in [0.1, 0.15) is 0 Å². The van der Waals surface area contributed by atoms with Crippen molar-refractivity contribution in [1.82, 2.24) is 13.7 Å². The van der Waals surface area contributed by atoms with Crippen LogP contribution >= 0.6 is 0 Å².